The van der Waals surface area contributed by atoms with E-state index in [1.54, 1.807) is 0 Å². The predicted octanol–water partition coefficient (Wildman–Crippen LogP) is 1.57. The fourth-order valence-corrected chi connectivity index (χ4v) is 2.29. The molecule has 3 heteroatoms. The van der Waals surface area contributed by atoms with Crippen molar-refractivity contribution >= 4 is 0 Å². The molecule has 0 spiro atoms. The second kappa shape index (κ2) is 7.85. The van der Waals surface area contributed by atoms with Gasteiger partial charge in [0.15, 0.2) is 0 Å². The molecule has 1 atom stereocenters. The third-order valence-corrected chi connectivity index (χ3v) is 3.69. The lowest BCUT2D eigenvalue weighted by molar-refractivity contribution is 0.106. The topological polar surface area (TPSA) is 18.5 Å². The van der Waals surface area contributed by atoms with Gasteiger partial charge in [0.25, 0.3) is 0 Å². The predicted molar refractivity (Wildman–Crippen MR) is 75.4 cm³/mol. The van der Waals surface area contributed by atoms with Gasteiger partial charge in [-0.25, -0.2) is 0 Å². The molecule has 0 saturated carbocycles. The second-order valence-electron chi connectivity index (χ2n) is 5.10. The van der Waals surface area contributed by atoms with Gasteiger partial charge in [0, 0.05) is 45.3 Å². The van der Waals surface area contributed by atoms with Gasteiger partial charge in [-0.1, -0.05) is 20.4 Å². The highest BCUT2D eigenvalue weighted by molar-refractivity contribution is 5.00. The summed E-state index contributed by atoms with van der Waals surface area (Å²) in [6.07, 6.45) is 1.26. The number of hydrogen-bond acceptors (Lipinski definition) is 3. The van der Waals surface area contributed by atoms with Crippen LogP contribution in [0.4, 0.5) is 0 Å². The maximum atomic E-state index is 4.14. The molecule has 0 aromatic rings. The van der Waals surface area contributed by atoms with Gasteiger partial charge in [0.1, 0.15) is 0 Å². The van der Waals surface area contributed by atoms with Crippen molar-refractivity contribution in [3.8, 4) is 0 Å². The molecule has 0 amide bonds. The quantitative estimate of drug-likeness (QED) is 0.680. The SMILES string of the molecule is C=C(CNCC)CN1CCN(C(C)CC)CC1. The van der Waals surface area contributed by atoms with Crippen LogP contribution in [0.25, 0.3) is 0 Å². The summed E-state index contributed by atoms with van der Waals surface area (Å²) in [4.78, 5) is 5.13. The summed E-state index contributed by atoms with van der Waals surface area (Å²) in [6, 6.07) is 0.738. The van der Waals surface area contributed by atoms with Crippen LogP contribution in [0.2, 0.25) is 0 Å². The maximum Gasteiger partial charge on any atom is 0.0203 e. The Morgan fingerprint density at radius 2 is 1.88 bits per heavy atom. The summed E-state index contributed by atoms with van der Waals surface area (Å²) >= 11 is 0. The molecule has 1 rings (SSSR count). The fraction of sp³-hybridized carbons (Fsp3) is 0.857. The number of piperazine rings is 1. The van der Waals surface area contributed by atoms with Crippen LogP contribution >= 0.6 is 0 Å². The maximum absolute atomic E-state index is 4.14. The van der Waals surface area contributed by atoms with Crippen LogP contribution in [0.15, 0.2) is 12.2 Å². The number of nitrogens with one attached hydrogen (secondary N) is 1. The zero-order valence-corrected chi connectivity index (χ0v) is 11.8. The lowest BCUT2D eigenvalue weighted by atomic mass is 10.2. The molecule has 100 valence electrons. The summed E-state index contributed by atoms with van der Waals surface area (Å²) < 4.78 is 0. The Bertz CT molecular complexity index is 220. The highest BCUT2D eigenvalue weighted by Crippen LogP contribution is 2.09. The first-order chi connectivity index (χ1) is 8.17. The van der Waals surface area contributed by atoms with Crippen LogP contribution in [0.5, 0.6) is 0 Å². The van der Waals surface area contributed by atoms with Gasteiger partial charge in [-0.15, -0.1) is 0 Å². The van der Waals surface area contributed by atoms with E-state index in [1.807, 2.05) is 0 Å². The summed E-state index contributed by atoms with van der Waals surface area (Å²) in [7, 11) is 0. The second-order valence-corrected chi connectivity index (χ2v) is 5.10. The van der Waals surface area contributed by atoms with E-state index < -0.39 is 0 Å². The molecule has 1 unspecified atom stereocenters. The van der Waals surface area contributed by atoms with Crippen molar-refractivity contribution in [1.82, 2.24) is 15.1 Å². The van der Waals surface area contributed by atoms with Crippen molar-refractivity contribution in [3.05, 3.63) is 12.2 Å². The summed E-state index contributed by atoms with van der Waals surface area (Å²) in [6.45, 7) is 18.7. The van der Waals surface area contributed by atoms with E-state index in [4.69, 9.17) is 0 Å². The summed E-state index contributed by atoms with van der Waals surface area (Å²) in [5.41, 5.74) is 1.31. The minimum absolute atomic E-state index is 0.738. The highest BCUT2D eigenvalue weighted by atomic mass is 15.3. The third-order valence-electron chi connectivity index (χ3n) is 3.69. The van der Waals surface area contributed by atoms with Crippen LogP contribution in [0.3, 0.4) is 0 Å². The molecular formula is C14H29N3. The van der Waals surface area contributed by atoms with E-state index in [2.05, 4.69) is 42.5 Å². The van der Waals surface area contributed by atoms with Crippen molar-refractivity contribution in [2.45, 2.75) is 33.2 Å². The zero-order valence-electron chi connectivity index (χ0n) is 11.8. The fourth-order valence-electron chi connectivity index (χ4n) is 2.29. The van der Waals surface area contributed by atoms with Gasteiger partial charge in [-0.3, -0.25) is 9.80 Å². The van der Waals surface area contributed by atoms with Crippen LogP contribution < -0.4 is 5.32 Å². The summed E-state index contributed by atoms with van der Waals surface area (Å²) in [5.74, 6) is 0. The van der Waals surface area contributed by atoms with Crippen molar-refractivity contribution in [1.29, 1.82) is 0 Å². The molecule has 0 aliphatic carbocycles. The molecule has 1 aliphatic heterocycles. The first-order valence-corrected chi connectivity index (χ1v) is 7.01. The average Bonchev–Trinajstić information content (AvgIpc) is 2.36. The molecule has 0 bridgehead atoms. The number of hydrogen-bond donors (Lipinski definition) is 1. The van der Waals surface area contributed by atoms with Crippen molar-refractivity contribution < 1.29 is 0 Å². The van der Waals surface area contributed by atoms with Gasteiger partial charge in [0.05, 0.1) is 0 Å². The van der Waals surface area contributed by atoms with Crippen LogP contribution in [0, 0.1) is 0 Å². The normalized spacial score (nSPS) is 20.4. The molecule has 1 heterocycles. The van der Waals surface area contributed by atoms with Crippen LogP contribution in [-0.2, 0) is 0 Å². The van der Waals surface area contributed by atoms with E-state index in [1.165, 1.54) is 38.2 Å². The van der Waals surface area contributed by atoms with E-state index >= 15 is 0 Å². The van der Waals surface area contributed by atoms with Gasteiger partial charge >= 0.3 is 0 Å². The Hall–Kier alpha value is -0.380. The minimum atomic E-state index is 0.738. The molecule has 0 aromatic carbocycles. The van der Waals surface area contributed by atoms with E-state index in [0.29, 0.717) is 0 Å². The standard InChI is InChI=1S/C14H29N3/c1-5-14(4)17-9-7-16(8-10-17)12-13(3)11-15-6-2/h14-15H,3,5-12H2,1-2,4H3. The lowest BCUT2D eigenvalue weighted by Crippen LogP contribution is -2.50. The minimum Gasteiger partial charge on any atom is -0.313 e. The molecule has 0 aromatic heterocycles. The first kappa shape index (κ1) is 14.7. The number of nitrogens with zero attached hydrogens (tertiary/aromatic N) is 2. The molecule has 1 saturated heterocycles. The van der Waals surface area contributed by atoms with E-state index in [9.17, 15) is 0 Å². The molecule has 3 nitrogen and oxygen atoms in total. The Labute approximate surface area is 107 Å². The highest BCUT2D eigenvalue weighted by Gasteiger charge is 2.19. The van der Waals surface area contributed by atoms with Gasteiger partial charge in [-0.2, -0.15) is 0 Å². The Kier molecular flexibility index (Phi) is 6.78. The third kappa shape index (κ3) is 5.19. The smallest absolute Gasteiger partial charge is 0.0203 e. The van der Waals surface area contributed by atoms with Gasteiger partial charge in [-0.05, 0) is 25.5 Å². The number of rotatable bonds is 7. The molecule has 1 aliphatic rings. The zero-order chi connectivity index (χ0) is 12.7. The van der Waals surface area contributed by atoms with Gasteiger partial charge < -0.3 is 5.32 Å². The van der Waals surface area contributed by atoms with E-state index in [0.717, 1.165) is 25.7 Å². The van der Waals surface area contributed by atoms with Crippen molar-refractivity contribution in [2.24, 2.45) is 0 Å². The largest absolute Gasteiger partial charge is 0.313 e. The van der Waals surface area contributed by atoms with Crippen molar-refractivity contribution in [3.63, 3.8) is 0 Å². The van der Waals surface area contributed by atoms with Crippen LogP contribution in [-0.4, -0.2) is 61.7 Å². The molecule has 1 fully saturated rings. The monoisotopic (exact) mass is 239 g/mol. The van der Waals surface area contributed by atoms with E-state index in [-0.39, 0.29) is 0 Å². The Balaban J connectivity index is 2.20. The molecule has 17 heavy (non-hydrogen) atoms. The molecular weight excluding hydrogens is 210 g/mol. The average molecular weight is 239 g/mol. The molecule has 0 radical (unpaired) electrons. The Morgan fingerprint density at radius 3 is 2.41 bits per heavy atom. The van der Waals surface area contributed by atoms with Crippen LogP contribution in [0.1, 0.15) is 27.2 Å². The van der Waals surface area contributed by atoms with Crippen molar-refractivity contribution in [2.75, 3.05) is 45.8 Å². The lowest BCUT2D eigenvalue weighted by Gasteiger charge is -2.38. The Morgan fingerprint density at radius 1 is 1.24 bits per heavy atom. The van der Waals surface area contributed by atoms with Gasteiger partial charge in [0.2, 0.25) is 0 Å². The molecule has 1 N–H and O–H groups in total. The number of likely N-dealkylation sites (N-methyl/N-ethyl adjacent to an activating group) is 1. The first-order valence-electron chi connectivity index (χ1n) is 7.01. The summed E-state index contributed by atoms with van der Waals surface area (Å²) in [5, 5.41) is 3.34.